The molecule has 88 valence electrons. The van der Waals surface area contributed by atoms with Crippen molar-refractivity contribution in [2.24, 2.45) is 23.5 Å². The van der Waals surface area contributed by atoms with Gasteiger partial charge in [-0.15, -0.1) is 0 Å². The van der Waals surface area contributed by atoms with Gasteiger partial charge < -0.3 is 5.73 Å². The second-order valence-corrected chi connectivity index (χ2v) is 5.48. The Kier molecular flexibility index (Phi) is 5.30. The van der Waals surface area contributed by atoms with E-state index in [1.165, 1.54) is 19.3 Å². The number of hydrogen-bond acceptors (Lipinski definition) is 2. The zero-order chi connectivity index (χ0) is 11.3. The van der Waals surface area contributed by atoms with E-state index in [1.807, 2.05) is 0 Å². The van der Waals surface area contributed by atoms with Crippen LogP contribution in [0, 0.1) is 17.8 Å². The van der Waals surface area contributed by atoms with Crippen LogP contribution < -0.4 is 5.73 Å². The van der Waals surface area contributed by atoms with Crippen LogP contribution in [0.1, 0.15) is 52.4 Å². The third kappa shape index (κ3) is 4.78. The molecule has 2 nitrogen and oxygen atoms in total. The zero-order valence-corrected chi connectivity index (χ0v) is 10.2. The SMILES string of the molecule is CC(C)CC(CN)CC(=O)CC1CCC1. The molecule has 0 spiro atoms. The van der Waals surface area contributed by atoms with E-state index < -0.39 is 0 Å². The number of carbonyl (C=O) groups excluding carboxylic acids is 1. The summed E-state index contributed by atoms with van der Waals surface area (Å²) in [5, 5.41) is 0. The van der Waals surface area contributed by atoms with Gasteiger partial charge in [-0.25, -0.2) is 0 Å². The van der Waals surface area contributed by atoms with E-state index in [-0.39, 0.29) is 0 Å². The van der Waals surface area contributed by atoms with Crippen LogP contribution in [-0.2, 0) is 4.79 Å². The van der Waals surface area contributed by atoms with Crippen molar-refractivity contribution in [1.29, 1.82) is 0 Å². The fraction of sp³-hybridized carbons (Fsp3) is 0.923. The molecule has 1 fully saturated rings. The van der Waals surface area contributed by atoms with Gasteiger partial charge in [0, 0.05) is 12.8 Å². The molecule has 0 bridgehead atoms. The molecule has 0 aromatic rings. The first kappa shape index (κ1) is 12.7. The monoisotopic (exact) mass is 211 g/mol. The Bertz CT molecular complexity index is 197. The van der Waals surface area contributed by atoms with Crippen molar-refractivity contribution in [3.05, 3.63) is 0 Å². The Morgan fingerprint density at radius 3 is 2.47 bits per heavy atom. The summed E-state index contributed by atoms with van der Waals surface area (Å²) in [6.45, 7) is 5.05. The highest BCUT2D eigenvalue weighted by atomic mass is 16.1. The maximum Gasteiger partial charge on any atom is 0.133 e. The van der Waals surface area contributed by atoms with E-state index in [0.29, 0.717) is 36.5 Å². The molecule has 0 aromatic heterocycles. The molecule has 0 heterocycles. The normalized spacial score (nSPS) is 18.9. The molecule has 0 aliphatic heterocycles. The third-order valence-electron chi connectivity index (χ3n) is 3.40. The van der Waals surface area contributed by atoms with E-state index in [2.05, 4.69) is 13.8 Å². The van der Waals surface area contributed by atoms with Crippen molar-refractivity contribution < 1.29 is 4.79 Å². The Balaban J connectivity index is 2.20. The summed E-state index contributed by atoms with van der Waals surface area (Å²) in [5.41, 5.74) is 5.69. The molecular formula is C13H25NO. The first-order chi connectivity index (χ1) is 7.11. The van der Waals surface area contributed by atoms with Crippen molar-refractivity contribution in [2.45, 2.75) is 52.4 Å². The van der Waals surface area contributed by atoms with Crippen molar-refractivity contribution >= 4 is 5.78 Å². The van der Waals surface area contributed by atoms with Gasteiger partial charge in [-0.05, 0) is 30.7 Å². The second-order valence-electron chi connectivity index (χ2n) is 5.48. The predicted molar refractivity (Wildman–Crippen MR) is 63.6 cm³/mol. The molecule has 1 aliphatic rings. The van der Waals surface area contributed by atoms with Gasteiger partial charge >= 0.3 is 0 Å². The molecule has 2 N–H and O–H groups in total. The van der Waals surface area contributed by atoms with Crippen LogP contribution in [0.4, 0.5) is 0 Å². The average molecular weight is 211 g/mol. The van der Waals surface area contributed by atoms with E-state index >= 15 is 0 Å². The van der Waals surface area contributed by atoms with E-state index in [1.54, 1.807) is 0 Å². The summed E-state index contributed by atoms with van der Waals surface area (Å²) >= 11 is 0. The topological polar surface area (TPSA) is 43.1 Å². The van der Waals surface area contributed by atoms with E-state index in [0.717, 1.165) is 12.8 Å². The first-order valence-electron chi connectivity index (χ1n) is 6.33. The highest BCUT2D eigenvalue weighted by Crippen LogP contribution is 2.30. The summed E-state index contributed by atoms with van der Waals surface area (Å²) in [6.07, 6.45) is 6.48. The highest BCUT2D eigenvalue weighted by molar-refractivity contribution is 5.79. The molecule has 15 heavy (non-hydrogen) atoms. The molecule has 0 aromatic carbocycles. The largest absolute Gasteiger partial charge is 0.330 e. The van der Waals surface area contributed by atoms with Crippen LogP contribution in [0.3, 0.4) is 0 Å². The lowest BCUT2D eigenvalue weighted by atomic mass is 9.80. The summed E-state index contributed by atoms with van der Waals surface area (Å²) in [4.78, 5) is 11.7. The van der Waals surface area contributed by atoms with Crippen LogP contribution in [0.2, 0.25) is 0 Å². The van der Waals surface area contributed by atoms with Crippen LogP contribution in [0.15, 0.2) is 0 Å². The number of carbonyl (C=O) groups is 1. The average Bonchev–Trinajstić information content (AvgIpc) is 2.09. The first-order valence-corrected chi connectivity index (χ1v) is 6.33. The molecule has 1 saturated carbocycles. The quantitative estimate of drug-likeness (QED) is 0.703. The number of nitrogens with two attached hydrogens (primary N) is 1. The van der Waals surface area contributed by atoms with Gasteiger partial charge in [0.1, 0.15) is 5.78 Å². The van der Waals surface area contributed by atoms with Gasteiger partial charge in [-0.1, -0.05) is 33.1 Å². The third-order valence-corrected chi connectivity index (χ3v) is 3.40. The molecule has 1 atom stereocenters. The lowest BCUT2D eigenvalue weighted by Crippen LogP contribution is -2.22. The van der Waals surface area contributed by atoms with Gasteiger partial charge in [-0.2, -0.15) is 0 Å². The van der Waals surface area contributed by atoms with Gasteiger partial charge in [0.05, 0.1) is 0 Å². The fourth-order valence-electron chi connectivity index (χ4n) is 2.35. The van der Waals surface area contributed by atoms with E-state index in [9.17, 15) is 4.79 Å². The molecule has 1 aliphatic carbocycles. The van der Waals surface area contributed by atoms with Gasteiger partial charge in [0.25, 0.3) is 0 Å². The van der Waals surface area contributed by atoms with Gasteiger partial charge in [0.2, 0.25) is 0 Å². The van der Waals surface area contributed by atoms with Crippen molar-refractivity contribution in [2.75, 3.05) is 6.54 Å². The standard InChI is InChI=1S/C13H25NO/c1-10(2)6-12(9-14)8-13(15)7-11-4-3-5-11/h10-12H,3-9,14H2,1-2H3. The van der Waals surface area contributed by atoms with Crippen molar-refractivity contribution in [3.8, 4) is 0 Å². The van der Waals surface area contributed by atoms with Crippen molar-refractivity contribution in [3.63, 3.8) is 0 Å². The second kappa shape index (κ2) is 6.26. The van der Waals surface area contributed by atoms with Crippen LogP contribution >= 0.6 is 0 Å². The maximum atomic E-state index is 11.7. The summed E-state index contributed by atoms with van der Waals surface area (Å²) in [6, 6.07) is 0. The predicted octanol–water partition coefficient (Wildman–Crippen LogP) is 2.76. The lowest BCUT2D eigenvalue weighted by Gasteiger charge is -2.25. The highest BCUT2D eigenvalue weighted by Gasteiger charge is 2.22. The minimum atomic E-state index is 0.414. The molecule has 1 rings (SSSR count). The number of rotatable bonds is 7. The molecule has 0 radical (unpaired) electrons. The molecular weight excluding hydrogens is 186 g/mol. The molecule has 2 heteroatoms. The Morgan fingerprint density at radius 2 is 2.07 bits per heavy atom. The Labute approximate surface area is 93.6 Å². The Hall–Kier alpha value is -0.370. The minimum absolute atomic E-state index is 0.414. The smallest absolute Gasteiger partial charge is 0.133 e. The van der Waals surface area contributed by atoms with Crippen molar-refractivity contribution in [1.82, 2.24) is 0 Å². The Morgan fingerprint density at radius 1 is 1.40 bits per heavy atom. The number of ketones is 1. The number of hydrogen-bond donors (Lipinski definition) is 1. The van der Waals surface area contributed by atoms with Crippen LogP contribution in [-0.4, -0.2) is 12.3 Å². The molecule has 0 saturated heterocycles. The lowest BCUT2D eigenvalue weighted by molar-refractivity contribution is -0.121. The van der Waals surface area contributed by atoms with Crippen LogP contribution in [0.5, 0.6) is 0 Å². The molecule has 0 amide bonds. The number of Topliss-reactive ketones (excluding diaryl/α,β-unsaturated/α-hetero) is 1. The van der Waals surface area contributed by atoms with E-state index in [4.69, 9.17) is 5.73 Å². The van der Waals surface area contributed by atoms with Crippen LogP contribution in [0.25, 0.3) is 0 Å². The fourth-order valence-corrected chi connectivity index (χ4v) is 2.35. The minimum Gasteiger partial charge on any atom is -0.330 e. The molecule has 1 unspecified atom stereocenters. The zero-order valence-electron chi connectivity index (χ0n) is 10.2. The van der Waals surface area contributed by atoms with Gasteiger partial charge in [-0.3, -0.25) is 4.79 Å². The maximum absolute atomic E-state index is 11.7. The summed E-state index contributed by atoms with van der Waals surface area (Å²) in [5.74, 6) is 2.21. The van der Waals surface area contributed by atoms with Gasteiger partial charge in [0.15, 0.2) is 0 Å². The summed E-state index contributed by atoms with van der Waals surface area (Å²) in [7, 11) is 0. The summed E-state index contributed by atoms with van der Waals surface area (Å²) < 4.78 is 0.